The summed E-state index contributed by atoms with van der Waals surface area (Å²) >= 11 is 0. The van der Waals surface area contributed by atoms with Gasteiger partial charge in [0.05, 0.1) is 11.3 Å². The molecule has 1 heterocycles. The van der Waals surface area contributed by atoms with Crippen LogP contribution in [0.25, 0.3) is 11.3 Å². The first-order valence-corrected chi connectivity index (χ1v) is 9.39. The summed E-state index contributed by atoms with van der Waals surface area (Å²) in [4.78, 5) is 0. The second-order valence-electron chi connectivity index (χ2n) is 7.69. The van der Waals surface area contributed by atoms with E-state index in [9.17, 15) is 0 Å². The van der Waals surface area contributed by atoms with Gasteiger partial charge in [0.15, 0.2) is 5.82 Å². The van der Waals surface area contributed by atoms with Crippen LogP contribution in [0.5, 0.6) is 0 Å². The Morgan fingerprint density at radius 2 is 1.81 bits per heavy atom. The molecule has 1 saturated carbocycles. The van der Waals surface area contributed by atoms with Crippen molar-refractivity contribution in [1.29, 1.82) is 0 Å². The molecule has 2 aliphatic rings. The third-order valence-electron chi connectivity index (χ3n) is 5.80. The smallest absolute Gasteiger partial charge is 0.152 e. The SMILES string of the molecule is C#Cc1ccc(-c2nnc(NC3CC(C)(OC)C3)c3c2CCCC3)cc1. The highest BCUT2D eigenvalue weighted by atomic mass is 16.5. The van der Waals surface area contributed by atoms with Gasteiger partial charge in [0, 0.05) is 29.8 Å². The van der Waals surface area contributed by atoms with E-state index in [0.717, 1.165) is 48.3 Å². The Balaban J connectivity index is 1.63. The number of rotatable bonds is 4. The van der Waals surface area contributed by atoms with E-state index < -0.39 is 0 Å². The molecule has 4 heteroatoms. The fourth-order valence-corrected chi connectivity index (χ4v) is 4.17. The molecule has 2 aromatic rings. The zero-order valence-electron chi connectivity index (χ0n) is 15.5. The average molecular weight is 347 g/mol. The number of terminal acetylenes is 1. The number of anilines is 1. The van der Waals surface area contributed by atoms with Gasteiger partial charge in [-0.3, -0.25) is 0 Å². The number of hydrogen-bond acceptors (Lipinski definition) is 4. The predicted molar refractivity (Wildman–Crippen MR) is 104 cm³/mol. The molecule has 1 aromatic carbocycles. The van der Waals surface area contributed by atoms with E-state index in [2.05, 4.69) is 40.5 Å². The van der Waals surface area contributed by atoms with Gasteiger partial charge < -0.3 is 10.1 Å². The summed E-state index contributed by atoms with van der Waals surface area (Å²) < 4.78 is 5.56. The molecule has 0 unspecified atom stereocenters. The first-order chi connectivity index (χ1) is 12.6. The molecule has 0 atom stereocenters. The van der Waals surface area contributed by atoms with Gasteiger partial charge in [-0.05, 0) is 63.1 Å². The fraction of sp³-hybridized carbons (Fsp3) is 0.455. The van der Waals surface area contributed by atoms with Crippen LogP contribution >= 0.6 is 0 Å². The number of nitrogens with one attached hydrogen (secondary N) is 1. The maximum absolute atomic E-state index is 5.56. The Morgan fingerprint density at radius 3 is 2.46 bits per heavy atom. The summed E-state index contributed by atoms with van der Waals surface area (Å²) in [6, 6.07) is 8.46. The van der Waals surface area contributed by atoms with Crippen LogP contribution in [0.1, 0.15) is 49.3 Å². The van der Waals surface area contributed by atoms with Gasteiger partial charge in [-0.15, -0.1) is 16.6 Å². The topological polar surface area (TPSA) is 47.0 Å². The molecule has 0 radical (unpaired) electrons. The van der Waals surface area contributed by atoms with Crippen molar-refractivity contribution in [3.05, 3.63) is 41.0 Å². The number of hydrogen-bond donors (Lipinski definition) is 1. The lowest BCUT2D eigenvalue weighted by atomic mass is 9.77. The second-order valence-corrected chi connectivity index (χ2v) is 7.69. The van der Waals surface area contributed by atoms with Crippen LogP contribution in [0.15, 0.2) is 24.3 Å². The largest absolute Gasteiger partial charge is 0.378 e. The number of methoxy groups -OCH3 is 1. The fourth-order valence-electron chi connectivity index (χ4n) is 4.17. The lowest BCUT2D eigenvalue weighted by Gasteiger charge is -2.44. The molecule has 0 bridgehead atoms. The minimum Gasteiger partial charge on any atom is -0.378 e. The van der Waals surface area contributed by atoms with Gasteiger partial charge >= 0.3 is 0 Å². The number of ether oxygens (including phenoxy) is 1. The normalized spacial score (nSPS) is 24.3. The van der Waals surface area contributed by atoms with Gasteiger partial charge in [0.1, 0.15) is 0 Å². The van der Waals surface area contributed by atoms with E-state index in [0.29, 0.717) is 6.04 Å². The molecule has 2 aliphatic carbocycles. The van der Waals surface area contributed by atoms with Crippen molar-refractivity contribution in [1.82, 2.24) is 10.2 Å². The van der Waals surface area contributed by atoms with Gasteiger partial charge in [-0.1, -0.05) is 18.1 Å². The van der Waals surface area contributed by atoms with Crippen LogP contribution < -0.4 is 5.32 Å². The summed E-state index contributed by atoms with van der Waals surface area (Å²) in [6.45, 7) is 2.16. The Morgan fingerprint density at radius 1 is 1.12 bits per heavy atom. The summed E-state index contributed by atoms with van der Waals surface area (Å²) in [7, 11) is 1.79. The standard InChI is InChI=1S/C22H25N3O/c1-4-15-9-11-16(12-10-15)20-18-7-5-6-8-19(18)21(25-24-20)23-17-13-22(2,14-17)26-3/h1,9-12,17H,5-8,13-14H2,2-3H3,(H,23,25). The molecule has 134 valence electrons. The summed E-state index contributed by atoms with van der Waals surface area (Å²) in [5.74, 6) is 3.63. The summed E-state index contributed by atoms with van der Waals surface area (Å²) in [6.07, 6.45) is 12.0. The second kappa shape index (κ2) is 6.74. The van der Waals surface area contributed by atoms with E-state index in [-0.39, 0.29) is 5.60 Å². The highest BCUT2D eigenvalue weighted by molar-refractivity contribution is 5.68. The van der Waals surface area contributed by atoms with Crippen LogP contribution in [0.2, 0.25) is 0 Å². The van der Waals surface area contributed by atoms with E-state index >= 15 is 0 Å². The Bertz CT molecular complexity index is 845. The zero-order chi connectivity index (χ0) is 18.1. The molecule has 4 rings (SSSR count). The molecule has 1 fully saturated rings. The van der Waals surface area contributed by atoms with Crippen LogP contribution in [0.3, 0.4) is 0 Å². The third kappa shape index (κ3) is 3.08. The van der Waals surface area contributed by atoms with E-state index in [1.54, 1.807) is 7.11 Å². The number of aromatic nitrogens is 2. The van der Waals surface area contributed by atoms with Crippen molar-refractivity contribution in [3.63, 3.8) is 0 Å². The van der Waals surface area contributed by atoms with Gasteiger partial charge in [0.25, 0.3) is 0 Å². The van der Waals surface area contributed by atoms with E-state index in [1.165, 1.54) is 24.0 Å². The number of fused-ring (bicyclic) bond motifs is 1. The van der Waals surface area contributed by atoms with E-state index in [1.807, 2.05) is 12.1 Å². The Hall–Kier alpha value is -2.38. The number of benzene rings is 1. The van der Waals surface area contributed by atoms with Crippen molar-refractivity contribution >= 4 is 5.82 Å². The Labute approximate surface area is 155 Å². The molecule has 0 spiro atoms. The summed E-state index contributed by atoms with van der Waals surface area (Å²) in [5.41, 5.74) is 5.68. The maximum atomic E-state index is 5.56. The maximum Gasteiger partial charge on any atom is 0.152 e. The lowest BCUT2D eigenvalue weighted by Crippen LogP contribution is -2.50. The highest BCUT2D eigenvalue weighted by Crippen LogP contribution is 2.39. The van der Waals surface area contributed by atoms with Crippen molar-refractivity contribution in [2.24, 2.45) is 0 Å². The first-order valence-electron chi connectivity index (χ1n) is 9.39. The van der Waals surface area contributed by atoms with Crippen LogP contribution in [-0.4, -0.2) is 29.0 Å². The molecule has 1 N–H and O–H groups in total. The molecular formula is C22H25N3O. The van der Waals surface area contributed by atoms with Gasteiger partial charge in [0.2, 0.25) is 0 Å². The molecule has 0 saturated heterocycles. The van der Waals surface area contributed by atoms with Crippen molar-refractivity contribution in [2.45, 2.75) is 57.1 Å². The van der Waals surface area contributed by atoms with Crippen molar-refractivity contribution < 1.29 is 4.74 Å². The average Bonchev–Trinajstić information content (AvgIpc) is 2.67. The van der Waals surface area contributed by atoms with Crippen LogP contribution in [0, 0.1) is 12.3 Å². The van der Waals surface area contributed by atoms with Crippen molar-refractivity contribution in [2.75, 3.05) is 12.4 Å². The molecule has 26 heavy (non-hydrogen) atoms. The quantitative estimate of drug-likeness (QED) is 0.850. The third-order valence-corrected chi connectivity index (χ3v) is 5.80. The summed E-state index contributed by atoms with van der Waals surface area (Å²) in [5, 5.41) is 12.8. The minimum atomic E-state index is 0.00384. The van der Waals surface area contributed by atoms with Gasteiger partial charge in [-0.2, -0.15) is 0 Å². The lowest BCUT2D eigenvalue weighted by molar-refractivity contribution is -0.0625. The van der Waals surface area contributed by atoms with Crippen LogP contribution in [0.4, 0.5) is 5.82 Å². The first kappa shape index (κ1) is 17.1. The zero-order valence-corrected chi connectivity index (χ0v) is 15.5. The monoisotopic (exact) mass is 347 g/mol. The molecule has 0 amide bonds. The molecular weight excluding hydrogens is 322 g/mol. The highest BCUT2D eigenvalue weighted by Gasteiger charge is 2.41. The predicted octanol–water partition coefficient (Wildman–Crippen LogP) is 3.98. The molecule has 1 aromatic heterocycles. The van der Waals surface area contributed by atoms with Crippen LogP contribution in [-0.2, 0) is 17.6 Å². The van der Waals surface area contributed by atoms with Gasteiger partial charge in [-0.25, -0.2) is 0 Å². The Kier molecular flexibility index (Phi) is 4.42. The van der Waals surface area contributed by atoms with E-state index in [4.69, 9.17) is 11.2 Å². The number of nitrogens with zero attached hydrogens (tertiary/aromatic N) is 2. The molecule has 4 nitrogen and oxygen atoms in total. The van der Waals surface area contributed by atoms with Crippen molar-refractivity contribution in [3.8, 4) is 23.6 Å². The molecule has 0 aliphatic heterocycles. The minimum absolute atomic E-state index is 0.00384.